The van der Waals surface area contributed by atoms with Crippen LogP contribution in [0.3, 0.4) is 0 Å². The van der Waals surface area contributed by atoms with Crippen molar-refractivity contribution in [3.63, 3.8) is 0 Å². The fraction of sp³-hybridized carbons (Fsp3) is 0.421. The molecule has 2 fully saturated rings. The molecule has 3 heterocycles. The van der Waals surface area contributed by atoms with Crippen molar-refractivity contribution in [2.75, 3.05) is 5.75 Å². The summed E-state index contributed by atoms with van der Waals surface area (Å²) in [7, 11) is 0. The lowest BCUT2D eigenvalue weighted by Gasteiger charge is -2.45. The molecule has 0 amide bonds. The first-order valence-electron chi connectivity index (χ1n) is 9.41. The van der Waals surface area contributed by atoms with Crippen LogP contribution in [0.2, 0.25) is 0 Å². The SMILES string of the molecule is CC[C@@]1(N=[N+]=[N-])O[C@@H](n2ccc(=O)[nH]c2=O)[C@@]2(CCS2)[C@@H]1OC(=O)c1ccccc1. The zero-order valence-electron chi connectivity index (χ0n) is 16.1. The Balaban J connectivity index is 1.81. The number of H-pyrrole nitrogens is 1. The smallest absolute Gasteiger partial charge is 0.338 e. The molecular formula is C19H19N5O5S. The average molecular weight is 429 g/mol. The minimum absolute atomic E-state index is 0.223. The third kappa shape index (κ3) is 3.11. The second-order valence-corrected chi connectivity index (χ2v) is 8.54. The second-order valence-electron chi connectivity index (χ2n) is 7.08. The van der Waals surface area contributed by atoms with Gasteiger partial charge in [-0.15, -0.1) is 11.8 Å². The van der Waals surface area contributed by atoms with Gasteiger partial charge in [-0.3, -0.25) is 14.3 Å². The molecule has 0 bridgehead atoms. The number of nitrogens with one attached hydrogen (secondary N) is 1. The summed E-state index contributed by atoms with van der Waals surface area (Å²) in [6.07, 6.45) is 0.315. The summed E-state index contributed by atoms with van der Waals surface area (Å²) in [4.78, 5) is 42.0. The zero-order valence-corrected chi connectivity index (χ0v) is 16.9. The van der Waals surface area contributed by atoms with Crippen molar-refractivity contribution in [1.82, 2.24) is 9.55 Å². The third-order valence-electron chi connectivity index (χ3n) is 5.51. The van der Waals surface area contributed by atoms with Gasteiger partial charge >= 0.3 is 11.7 Å². The largest absolute Gasteiger partial charge is 0.454 e. The number of benzene rings is 1. The maximum Gasteiger partial charge on any atom is 0.338 e. The first-order valence-corrected chi connectivity index (χ1v) is 10.4. The second kappa shape index (κ2) is 7.67. The van der Waals surface area contributed by atoms with E-state index >= 15 is 0 Å². The number of carbonyl (C=O) groups is 1. The topological polar surface area (TPSA) is 139 Å². The van der Waals surface area contributed by atoms with E-state index in [1.165, 1.54) is 28.6 Å². The first kappa shape index (κ1) is 20.3. The average Bonchev–Trinajstić information content (AvgIpc) is 2.99. The number of ether oxygens (including phenoxy) is 2. The summed E-state index contributed by atoms with van der Waals surface area (Å²) in [5.41, 5.74) is 6.89. The van der Waals surface area contributed by atoms with Crippen LogP contribution >= 0.6 is 11.8 Å². The van der Waals surface area contributed by atoms with Crippen LogP contribution in [-0.4, -0.2) is 37.8 Å². The predicted octanol–water partition coefficient (Wildman–Crippen LogP) is 2.58. The molecule has 4 rings (SSSR count). The maximum absolute atomic E-state index is 12.9. The molecule has 4 atom stereocenters. The van der Waals surface area contributed by atoms with Crippen molar-refractivity contribution >= 4 is 17.7 Å². The van der Waals surface area contributed by atoms with E-state index in [0.717, 1.165) is 5.75 Å². The summed E-state index contributed by atoms with van der Waals surface area (Å²) in [5.74, 6) is 0.185. The molecule has 1 spiro atoms. The van der Waals surface area contributed by atoms with E-state index in [4.69, 9.17) is 9.47 Å². The van der Waals surface area contributed by atoms with Gasteiger partial charge in [0, 0.05) is 17.2 Å². The number of hydrogen-bond donors (Lipinski definition) is 1. The van der Waals surface area contributed by atoms with E-state index in [-0.39, 0.29) is 6.42 Å². The van der Waals surface area contributed by atoms with Gasteiger partial charge in [-0.05, 0) is 36.3 Å². The van der Waals surface area contributed by atoms with Gasteiger partial charge in [0.1, 0.15) is 4.75 Å². The lowest BCUT2D eigenvalue weighted by Crippen LogP contribution is -2.55. The van der Waals surface area contributed by atoms with Gasteiger partial charge < -0.3 is 9.47 Å². The molecule has 2 saturated heterocycles. The van der Waals surface area contributed by atoms with E-state index in [0.29, 0.717) is 12.0 Å². The van der Waals surface area contributed by atoms with Gasteiger partial charge in [0.15, 0.2) is 18.1 Å². The first-order chi connectivity index (χ1) is 14.5. The lowest BCUT2D eigenvalue weighted by atomic mass is 9.89. The Kier molecular flexibility index (Phi) is 5.19. The van der Waals surface area contributed by atoms with Crippen molar-refractivity contribution < 1.29 is 14.3 Å². The molecule has 1 aromatic heterocycles. The highest BCUT2D eigenvalue weighted by Gasteiger charge is 2.69. The predicted molar refractivity (Wildman–Crippen MR) is 109 cm³/mol. The number of thioether (sulfide) groups is 1. The van der Waals surface area contributed by atoms with E-state index in [1.807, 2.05) is 0 Å². The van der Waals surface area contributed by atoms with Gasteiger partial charge in [-0.25, -0.2) is 9.59 Å². The van der Waals surface area contributed by atoms with Crippen LogP contribution in [0.25, 0.3) is 10.4 Å². The number of esters is 1. The van der Waals surface area contributed by atoms with Crippen LogP contribution in [0.1, 0.15) is 36.4 Å². The molecule has 0 saturated carbocycles. The van der Waals surface area contributed by atoms with Crippen LogP contribution in [0.4, 0.5) is 0 Å². The molecule has 10 nitrogen and oxygen atoms in total. The number of carbonyl (C=O) groups excluding carboxylic acids is 1. The molecule has 2 aliphatic heterocycles. The van der Waals surface area contributed by atoms with Gasteiger partial charge in [0.05, 0.1) is 5.56 Å². The fourth-order valence-electron chi connectivity index (χ4n) is 3.94. The monoisotopic (exact) mass is 429 g/mol. The molecule has 0 aliphatic carbocycles. The highest BCUT2D eigenvalue weighted by atomic mass is 32.2. The molecule has 2 aliphatic rings. The lowest BCUT2D eigenvalue weighted by molar-refractivity contribution is -0.105. The molecule has 2 aromatic rings. The molecular weight excluding hydrogens is 410 g/mol. The highest BCUT2D eigenvalue weighted by Crippen LogP contribution is 2.61. The van der Waals surface area contributed by atoms with Crippen LogP contribution in [-0.2, 0) is 9.47 Å². The van der Waals surface area contributed by atoms with E-state index in [1.54, 1.807) is 37.3 Å². The Bertz CT molecular complexity index is 1120. The quantitative estimate of drug-likeness (QED) is 0.335. The Morgan fingerprint density at radius 3 is 2.70 bits per heavy atom. The molecule has 0 radical (unpaired) electrons. The normalized spacial score (nSPS) is 29.8. The summed E-state index contributed by atoms with van der Waals surface area (Å²) in [5, 5.41) is 3.88. The van der Waals surface area contributed by atoms with E-state index in [2.05, 4.69) is 15.0 Å². The van der Waals surface area contributed by atoms with Crippen LogP contribution in [0.15, 0.2) is 57.3 Å². The Morgan fingerprint density at radius 2 is 2.13 bits per heavy atom. The number of rotatable bonds is 5. The van der Waals surface area contributed by atoms with Crippen molar-refractivity contribution in [2.45, 2.75) is 42.6 Å². The van der Waals surface area contributed by atoms with Crippen molar-refractivity contribution in [2.24, 2.45) is 5.11 Å². The Labute approximate surface area is 174 Å². The van der Waals surface area contributed by atoms with Crippen LogP contribution < -0.4 is 11.2 Å². The van der Waals surface area contributed by atoms with Gasteiger partial charge in [0.2, 0.25) is 0 Å². The zero-order chi connectivity index (χ0) is 21.4. The van der Waals surface area contributed by atoms with Crippen LogP contribution in [0.5, 0.6) is 0 Å². The number of aromatic nitrogens is 2. The molecule has 156 valence electrons. The third-order valence-corrected chi connectivity index (χ3v) is 7.08. The van der Waals surface area contributed by atoms with Crippen molar-refractivity contribution in [3.05, 3.63) is 79.4 Å². The van der Waals surface area contributed by atoms with Gasteiger partial charge in [-0.1, -0.05) is 30.2 Å². The standard InChI is InChI=1S/C19H19N5O5S/c1-2-19(22-23-20)15(28-14(26)12-6-4-3-5-7-12)18(9-11-30-18)16(29-19)24-10-8-13(25)21-17(24)27/h3-8,10,15-16H,2,9,11H2,1H3,(H,21,25,27)/t15-,16+,18+,19+/m0/s1. The number of aromatic amines is 1. The summed E-state index contributed by atoms with van der Waals surface area (Å²) in [6.45, 7) is 1.76. The molecule has 30 heavy (non-hydrogen) atoms. The van der Waals surface area contributed by atoms with Crippen molar-refractivity contribution in [3.8, 4) is 0 Å². The summed E-state index contributed by atoms with van der Waals surface area (Å²) in [6, 6.07) is 9.70. The Morgan fingerprint density at radius 1 is 1.40 bits per heavy atom. The minimum atomic E-state index is -1.49. The Hall–Kier alpha value is -3.01. The molecule has 1 aromatic carbocycles. The van der Waals surface area contributed by atoms with Crippen molar-refractivity contribution in [1.29, 1.82) is 0 Å². The fourth-order valence-corrected chi connectivity index (χ4v) is 5.31. The van der Waals surface area contributed by atoms with E-state index in [9.17, 15) is 19.9 Å². The number of hydrogen-bond acceptors (Lipinski definition) is 7. The maximum atomic E-state index is 12.9. The van der Waals surface area contributed by atoms with E-state index < -0.39 is 40.0 Å². The highest BCUT2D eigenvalue weighted by molar-refractivity contribution is 8.02. The minimum Gasteiger partial charge on any atom is -0.454 e. The molecule has 0 unspecified atom stereocenters. The van der Waals surface area contributed by atoms with Gasteiger partial charge in [-0.2, -0.15) is 0 Å². The molecule has 11 heteroatoms. The van der Waals surface area contributed by atoms with Crippen LogP contribution in [0, 0.1) is 0 Å². The number of nitrogens with zero attached hydrogens (tertiary/aromatic N) is 4. The number of azide groups is 1. The summed E-state index contributed by atoms with van der Waals surface area (Å²) < 4.78 is 12.5. The summed E-state index contributed by atoms with van der Waals surface area (Å²) >= 11 is 1.48. The molecule has 1 N–H and O–H groups in total. The van der Waals surface area contributed by atoms with Gasteiger partial charge in [0.25, 0.3) is 5.56 Å².